The summed E-state index contributed by atoms with van der Waals surface area (Å²) >= 11 is 0. The minimum Gasteiger partial charge on any atom is -0.254 e. The van der Waals surface area contributed by atoms with Crippen molar-refractivity contribution in [3.63, 3.8) is 0 Å². The lowest BCUT2D eigenvalue weighted by atomic mass is 9.85. The van der Waals surface area contributed by atoms with Crippen molar-refractivity contribution in [3.05, 3.63) is 340 Å². The molecule has 0 aliphatic carbocycles. The van der Waals surface area contributed by atoms with Gasteiger partial charge in [0.25, 0.3) is 0 Å². The molecular formula is C92H56N6. The quantitative estimate of drug-likeness (QED) is 0.117. The van der Waals surface area contributed by atoms with Gasteiger partial charge in [-0.15, -0.1) is 0 Å². The van der Waals surface area contributed by atoms with Crippen molar-refractivity contribution >= 4 is 119 Å². The fourth-order valence-corrected chi connectivity index (χ4v) is 14.9. The zero-order valence-electron chi connectivity index (χ0n) is 53.0. The highest BCUT2D eigenvalue weighted by atomic mass is 14.9. The predicted octanol–water partition coefficient (Wildman–Crippen LogP) is 24.1. The third kappa shape index (κ3) is 9.73. The van der Waals surface area contributed by atoms with E-state index in [2.05, 4.69) is 279 Å². The molecule has 6 nitrogen and oxygen atoms in total. The number of aromatic nitrogens is 6. The van der Waals surface area contributed by atoms with E-state index in [0.29, 0.717) is 5.82 Å². The van der Waals surface area contributed by atoms with Crippen LogP contribution >= 0.6 is 0 Å². The zero-order chi connectivity index (χ0) is 64.6. The van der Waals surface area contributed by atoms with Crippen molar-refractivity contribution < 1.29 is 0 Å². The Bertz CT molecular complexity index is 6490. The monoisotopic (exact) mass is 1240 g/mol. The summed E-state index contributed by atoms with van der Waals surface area (Å²) in [5.74, 6) is 0.709. The zero-order valence-corrected chi connectivity index (χ0v) is 53.0. The molecular weight excluding hydrogens is 1190 g/mol. The summed E-state index contributed by atoms with van der Waals surface area (Å²) in [7, 11) is 0. The molecule has 0 radical (unpaired) electrons. The van der Waals surface area contributed by atoms with Gasteiger partial charge in [-0.05, 0) is 148 Å². The van der Waals surface area contributed by atoms with Crippen LogP contribution in [-0.2, 0) is 0 Å². The highest BCUT2D eigenvalue weighted by Gasteiger charge is 2.21. The molecule has 0 fully saturated rings. The van der Waals surface area contributed by atoms with E-state index in [0.717, 1.165) is 104 Å². The second-order valence-corrected chi connectivity index (χ2v) is 25.2. The first-order chi connectivity index (χ1) is 48.6. The van der Waals surface area contributed by atoms with Gasteiger partial charge in [-0.25, -0.2) is 19.9 Å². The molecule has 0 N–H and O–H groups in total. The third-order valence-electron chi connectivity index (χ3n) is 19.5. The van der Waals surface area contributed by atoms with Crippen LogP contribution in [0.15, 0.2) is 340 Å². The predicted molar refractivity (Wildman–Crippen MR) is 410 cm³/mol. The Labute approximate surface area is 564 Å². The normalized spacial score (nSPS) is 11.7. The van der Waals surface area contributed by atoms with Crippen LogP contribution < -0.4 is 0 Å². The first-order valence-electron chi connectivity index (χ1n) is 33.2. The molecule has 0 unspecified atom stereocenters. The fraction of sp³-hybridized carbons (Fsp3) is 0. The number of fused-ring (bicyclic) bond motifs is 13. The van der Waals surface area contributed by atoms with Gasteiger partial charge in [-0.2, -0.15) is 0 Å². The van der Waals surface area contributed by atoms with Crippen molar-refractivity contribution in [1.82, 2.24) is 29.9 Å². The molecule has 0 bridgehead atoms. The number of rotatable bonds is 7. The second-order valence-electron chi connectivity index (χ2n) is 25.2. The van der Waals surface area contributed by atoms with Crippen molar-refractivity contribution in [2.75, 3.05) is 0 Å². The second kappa shape index (κ2) is 23.4. The first-order valence-corrected chi connectivity index (χ1v) is 33.2. The van der Waals surface area contributed by atoms with Crippen LogP contribution in [-0.4, -0.2) is 29.9 Å². The highest BCUT2D eigenvalue weighted by Crippen LogP contribution is 2.46. The lowest BCUT2D eigenvalue weighted by Gasteiger charge is -2.18. The third-order valence-corrected chi connectivity index (χ3v) is 19.5. The van der Waals surface area contributed by atoms with Crippen LogP contribution in [0.25, 0.3) is 198 Å². The van der Waals surface area contributed by atoms with E-state index < -0.39 is 0 Å². The molecule has 0 amide bonds. The average molecular weight is 1250 g/mol. The Morgan fingerprint density at radius 2 is 0.520 bits per heavy atom. The molecule has 0 saturated heterocycles. The van der Waals surface area contributed by atoms with E-state index in [1.165, 1.54) is 87.4 Å². The molecule has 0 atom stereocenters. The summed E-state index contributed by atoms with van der Waals surface area (Å²) in [6.45, 7) is 0. The summed E-state index contributed by atoms with van der Waals surface area (Å²) in [5, 5.41) is 18.9. The Kier molecular flexibility index (Phi) is 13.5. The van der Waals surface area contributed by atoms with E-state index >= 15 is 0 Å². The van der Waals surface area contributed by atoms with Crippen molar-refractivity contribution in [2.45, 2.75) is 0 Å². The lowest BCUT2D eigenvalue weighted by Crippen LogP contribution is -1.96. The molecule has 6 heteroatoms. The van der Waals surface area contributed by atoms with Gasteiger partial charge in [0.15, 0.2) is 5.82 Å². The molecule has 0 aliphatic heterocycles. The Balaban J connectivity index is 0.000000137. The average Bonchev–Trinajstić information content (AvgIpc) is 0.726. The van der Waals surface area contributed by atoms with Gasteiger partial charge in [-0.1, -0.05) is 267 Å². The molecule has 454 valence electrons. The summed E-state index contributed by atoms with van der Waals surface area (Å²) < 4.78 is 0. The summed E-state index contributed by atoms with van der Waals surface area (Å²) in [6, 6.07) is 117. The number of para-hydroxylation sites is 2. The number of nitrogens with zero attached hydrogens (tertiary/aromatic N) is 6. The van der Waals surface area contributed by atoms with E-state index in [-0.39, 0.29) is 0 Å². The van der Waals surface area contributed by atoms with Gasteiger partial charge in [0.1, 0.15) is 0 Å². The van der Waals surface area contributed by atoms with E-state index in [9.17, 15) is 0 Å². The van der Waals surface area contributed by atoms with Crippen LogP contribution in [0.4, 0.5) is 0 Å². The molecule has 5 aromatic heterocycles. The molecule has 0 aliphatic rings. The standard InChI is InChI=1S/C46H28N4.C46H28N2/c1-3-10-29(11-4-1)41-28-42(30-12-5-2-6-13-30)50-46(49-41)35-20-18-33-24-36-26-34(19-17-32(36)25-37(33)27-35)43-38-15-7-8-16-40(38)48-45-39(43)22-21-31-14-9-23-47-44(31)45;1-2-11-33-28-34(24-19-29(33)10-1)44-37-15-5-3-13-35(37)42(36-14-4-6-16-38(36)44)30-20-22-31(23-21-30)43-39-17-7-8-18-41(39)48-46-40(43)26-25-32-12-9-27-47-45(32)46/h1-28H;1-28H. The van der Waals surface area contributed by atoms with Crippen LogP contribution in [0, 0.1) is 0 Å². The van der Waals surface area contributed by atoms with Crippen LogP contribution in [0.3, 0.4) is 0 Å². The van der Waals surface area contributed by atoms with Crippen molar-refractivity contribution in [3.8, 4) is 78.4 Å². The minimum absolute atomic E-state index is 0.709. The smallest absolute Gasteiger partial charge is 0.160 e. The van der Waals surface area contributed by atoms with Gasteiger partial charge in [0.05, 0.1) is 44.5 Å². The van der Waals surface area contributed by atoms with Crippen LogP contribution in [0.1, 0.15) is 0 Å². The molecule has 98 heavy (non-hydrogen) atoms. The summed E-state index contributed by atoms with van der Waals surface area (Å²) in [4.78, 5) is 29.8. The van der Waals surface area contributed by atoms with Gasteiger partial charge in [-0.3, -0.25) is 9.97 Å². The maximum atomic E-state index is 5.11. The Hall–Kier alpha value is -13.2. The summed E-state index contributed by atoms with van der Waals surface area (Å²) in [6.07, 6.45) is 3.70. The molecule has 0 saturated carbocycles. The summed E-state index contributed by atoms with van der Waals surface area (Å²) in [5.41, 5.74) is 20.3. The largest absolute Gasteiger partial charge is 0.254 e. The Morgan fingerprint density at radius 3 is 1.03 bits per heavy atom. The number of pyridine rings is 4. The van der Waals surface area contributed by atoms with E-state index in [4.69, 9.17) is 29.9 Å². The van der Waals surface area contributed by atoms with E-state index in [1.54, 1.807) is 0 Å². The molecule has 15 aromatic carbocycles. The number of benzene rings is 15. The van der Waals surface area contributed by atoms with Gasteiger partial charge in [0, 0.05) is 72.5 Å². The van der Waals surface area contributed by atoms with Gasteiger partial charge >= 0.3 is 0 Å². The maximum Gasteiger partial charge on any atom is 0.160 e. The first kappa shape index (κ1) is 56.4. The van der Waals surface area contributed by atoms with Crippen molar-refractivity contribution in [2.24, 2.45) is 0 Å². The van der Waals surface area contributed by atoms with Crippen molar-refractivity contribution in [1.29, 1.82) is 0 Å². The van der Waals surface area contributed by atoms with Crippen LogP contribution in [0.5, 0.6) is 0 Å². The molecule has 0 spiro atoms. The molecule has 20 aromatic rings. The van der Waals surface area contributed by atoms with Gasteiger partial charge in [0.2, 0.25) is 0 Å². The van der Waals surface area contributed by atoms with Crippen LogP contribution in [0.2, 0.25) is 0 Å². The fourth-order valence-electron chi connectivity index (χ4n) is 14.9. The Morgan fingerprint density at radius 1 is 0.173 bits per heavy atom. The van der Waals surface area contributed by atoms with Gasteiger partial charge < -0.3 is 0 Å². The maximum absolute atomic E-state index is 5.11. The van der Waals surface area contributed by atoms with E-state index in [1.807, 2.05) is 60.9 Å². The topological polar surface area (TPSA) is 77.3 Å². The highest BCUT2D eigenvalue weighted by molar-refractivity contribution is 6.23. The molecule has 20 rings (SSSR count). The minimum atomic E-state index is 0.709. The lowest BCUT2D eigenvalue weighted by molar-refractivity contribution is 1.18. The number of hydrogen-bond donors (Lipinski definition) is 0. The SMILES string of the molecule is c1ccc(-c2cc(-c3ccccc3)nc(-c3ccc4cc5cc(-c6c7ccccc7nc7c6ccc6cccnc67)ccc5cc4c3)n2)cc1.c1ccc2cc(-c3c4ccccc4c(-c4ccc(-c5c6ccccc6nc6c5ccc5cccnc56)cc4)c4ccccc34)ccc2c1. The molecule has 5 heterocycles. The number of hydrogen-bond acceptors (Lipinski definition) is 6.